The second-order valence-electron chi connectivity index (χ2n) is 7.60. The third-order valence-corrected chi connectivity index (χ3v) is 5.64. The first kappa shape index (κ1) is 19.1. The van der Waals surface area contributed by atoms with Crippen LogP contribution in [0.4, 0.5) is 8.78 Å². The molecule has 1 aliphatic heterocycles. The molecule has 1 aromatic rings. The Bertz CT molecular complexity index is 628. The highest BCUT2D eigenvalue weighted by Gasteiger charge is 2.71. The number of hydrogen-bond acceptors (Lipinski definition) is 3. The molecule has 0 unspecified atom stereocenters. The molecule has 5 nitrogen and oxygen atoms in total. The summed E-state index contributed by atoms with van der Waals surface area (Å²) in [6.07, 6.45) is 2.77. The standard InChI is InChI=1S/C19H26F2N4O/c20-19(21)13-18(19,15-26-12-17-4-2-1-3-5-17)14-25-10-7-16(8-11-25)6-9-23-24-22/h1-5,16H,6-15H2/t18-/m1/s1. The van der Waals surface area contributed by atoms with Crippen molar-refractivity contribution in [2.45, 2.75) is 38.2 Å². The van der Waals surface area contributed by atoms with Crippen molar-refractivity contribution in [3.8, 4) is 0 Å². The van der Waals surface area contributed by atoms with E-state index in [2.05, 4.69) is 14.9 Å². The molecule has 7 heteroatoms. The van der Waals surface area contributed by atoms with Crippen molar-refractivity contribution in [3.05, 3.63) is 46.3 Å². The van der Waals surface area contributed by atoms with Gasteiger partial charge in [0.1, 0.15) is 0 Å². The van der Waals surface area contributed by atoms with Crippen LogP contribution >= 0.6 is 0 Å². The van der Waals surface area contributed by atoms with Gasteiger partial charge in [0, 0.05) is 24.4 Å². The Hall–Kier alpha value is -1.69. The fourth-order valence-electron chi connectivity index (χ4n) is 3.84. The van der Waals surface area contributed by atoms with Gasteiger partial charge in [-0.25, -0.2) is 8.78 Å². The Labute approximate surface area is 153 Å². The lowest BCUT2D eigenvalue weighted by molar-refractivity contribution is -0.0162. The second-order valence-corrected chi connectivity index (χ2v) is 7.60. The van der Waals surface area contributed by atoms with Gasteiger partial charge in [-0.3, -0.25) is 0 Å². The van der Waals surface area contributed by atoms with E-state index in [9.17, 15) is 8.78 Å². The number of ether oxygens (including phenoxy) is 1. The van der Waals surface area contributed by atoms with E-state index in [1.165, 1.54) is 0 Å². The number of azide groups is 1. The molecule has 0 amide bonds. The molecule has 1 saturated carbocycles. The fourth-order valence-corrected chi connectivity index (χ4v) is 3.84. The summed E-state index contributed by atoms with van der Waals surface area (Å²) in [4.78, 5) is 4.93. The summed E-state index contributed by atoms with van der Waals surface area (Å²) in [5.74, 6) is -2.09. The summed E-state index contributed by atoms with van der Waals surface area (Å²) >= 11 is 0. The van der Waals surface area contributed by atoms with Gasteiger partial charge in [0.2, 0.25) is 0 Å². The second kappa shape index (κ2) is 8.33. The largest absolute Gasteiger partial charge is 0.376 e. The third kappa shape index (κ3) is 4.72. The van der Waals surface area contributed by atoms with E-state index >= 15 is 0 Å². The summed E-state index contributed by atoms with van der Waals surface area (Å²) < 4.78 is 33.8. The van der Waals surface area contributed by atoms with E-state index in [0.717, 1.165) is 37.9 Å². The predicted molar refractivity (Wildman–Crippen MR) is 95.9 cm³/mol. The topological polar surface area (TPSA) is 61.2 Å². The summed E-state index contributed by atoms with van der Waals surface area (Å²) in [7, 11) is 0. The Morgan fingerprint density at radius 1 is 1.23 bits per heavy atom. The van der Waals surface area contributed by atoms with Crippen LogP contribution in [-0.4, -0.2) is 43.6 Å². The lowest BCUT2D eigenvalue weighted by Gasteiger charge is -2.34. The Morgan fingerprint density at radius 2 is 1.92 bits per heavy atom. The van der Waals surface area contributed by atoms with Crippen LogP contribution in [0.1, 0.15) is 31.2 Å². The molecule has 0 N–H and O–H groups in total. The maximum atomic E-state index is 14.1. The number of likely N-dealkylation sites (tertiary alicyclic amines) is 1. The molecule has 3 rings (SSSR count). The number of halogens is 2. The zero-order valence-corrected chi connectivity index (χ0v) is 15.0. The predicted octanol–water partition coefficient (Wildman–Crippen LogP) is 4.64. The molecule has 1 atom stereocenters. The zero-order chi connectivity index (χ0) is 18.5. The molecule has 2 fully saturated rings. The normalized spacial score (nSPS) is 25.6. The lowest BCUT2D eigenvalue weighted by atomic mass is 9.92. The fraction of sp³-hybridized carbons (Fsp3) is 0.684. The van der Waals surface area contributed by atoms with Gasteiger partial charge < -0.3 is 9.64 Å². The maximum absolute atomic E-state index is 14.1. The van der Waals surface area contributed by atoms with Crippen LogP contribution in [0.3, 0.4) is 0 Å². The zero-order valence-electron chi connectivity index (χ0n) is 15.0. The van der Waals surface area contributed by atoms with Crippen LogP contribution in [-0.2, 0) is 11.3 Å². The summed E-state index contributed by atoms with van der Waals surface area (Å²) in [6, 6.07) is 9.66. The lowest BCUT2D eigenvalue weighted by Crippen LogP contribution is -2.41. The SMILES string of the molecule is [N-]=[N+]=NCCC1CCN(C[C@@]2(COCc3ccccc3)CC2(F)F)CC1. The van der Waals surface area contributed by atoms with Crippen LogP contribution in [0.25, 0.3) is 10.4 Å². The first-order valence-electron chi connectivity index (χ1n) is 9.27. The van der Waals surface area contributed by atoms with Crippen molar-refractivity contribution >= 4 is 0 Å². The van der Waals surface area contributed by atoms with Gasteiger partial charge in [-0.05, 0) is 49.4 Å². The molecule has 0 aromatic heterocycles. The van der Waals surface area contributed by atoms with Gasteiger partial charge in [0.25, 0.3) is 5.92 Å². The molecule has 0 spiro atoms. The van der Waals surface area contributed by atoms with Crippen molar-refractivity contribution < 1.29 is 13.5 Å². The summed E-state index contributed by atoms with van der Waals surface area (Å²) in [6.45, 7) is 3.06. The van der Waals surface area contributed by atoms with Gasteiger partial charge in [0.05, 0.1) is 18.6 Å². The minimum absolute atomic E-state index is 0.0778. The first-order chi connectivity index (χ1) is 12.5. The maximum Gasteiger partial charge on any atom is 0.258 e. The highest BCUT2D eigenvalue weighted by atomic mass is 19.3. The van der Waals surface area contributed by atoms with Crippen molar-refractivity contribution in [1.82, 2.24) is 4.90 Å². The Kier molecular flexibility index (Phi) is 6.12. The molecule has 0 bridgehead atoms. The van der Waals surface area contributed by atoms with E-state index in [1.807, 2.05) is 30.3 Å². The van der Waals surface area contributed by atoms with Crippen molar-refractivity contribution in [2.24, 2.45) is 16.4 Å². The summed E-state index contributed by atoms with van der Waals surface area (Å²) in [5.41, 5.74) is 8.31. The van der Waals surface area contributed by atoms with Crippen LogP contribution in [0.2, 0.25) is 0 Å². The van der Waals surface area contributed by atoms with Gasteiger partial charge in [0.15, 0.2) is 0 Å². The van der Waals surface area contributed by atoms with Gasteiger partial charge >= 0.3 is 0 Å². The molecule has 1 aliphatic carbocycles. The molecule has 26 heavy (non-hydrogen) atoms. The summed E-state index contributed by atoms with van der Waals surface area (Å²) in [5, 5.41) is 3.58. The average Bonchev–Trinajstić information content (AvgIpc) is 3.17. The van der Waals surface area contributed by atoms with Crippen LogP contribution in [0, 0.1) is 11.3 Å². The number of alkyl halides is 2. The van der Waals surface area contributed by atoms with Crippen molar-refractivity contribution in [2.75, 3.05) is 32.8 Å². The van der Waals surface area contributed by atoms with Crippen LogP contribution in [0.15, 0.2) is 35.4 Å². The molecule has 1 saturated heterocycles. The van der Waals surface area contributed by atoms with Gasteiger partial charge in [-0.1, -0.05) is 35.4 Å². The van der Waals surface area contributed by atoms with E-state index in [1.54, 1.807) is 0 Å². The van der Waals surface area contributed by atoms with E-state index in [4.69, 9.17) is 10.3 Å². The van der Waals surface area contributed by atoms with Crippen LogP contribution < -0.4 is 0 Å². The molecule has 1 heterocycles. The Morgan fingerprint density at radius 3 is 2.54 bits per heavy atom. The minimum atomic E-state index is -2.62. The van der Waals surface area contributed by atoms with Gasteiger partial charge in [-0.2, -0.15) is 0 Å². The van der Waals surface area contributed by atoms with E-state index in [0.29, 0.717) is 25.6 Å². The van der Waals surface area contributed by atoms with Crippen LogP contribution in [0.5, 0.6) is 0 Å². The Balaban J connectivity index is 1.45. The number of nitrogens with zero attached hydrogens (tertiary/aromatic N) is 4. The van der Waals surface area contributed by atoms with Crippen molar-refractivity contribution in [1.29, 1.82) is 0 Å². The van der Waals surface area contributed by atoms with Crippen molar-refractivity contribution in [3.63, 3.8) is 0 Å². The van der Waals surface area contributed by atoms with E-state index < -0.39 is 11.3 Å². The number of rotatable bonds is 9. The quantitative estimate of drug-likeness (QED) is 0.364. The first-order valence-corrected chi connectivity index (χ1v) is 9.27. The molecule has 1 aromatic carbocycles. The third-order valence-electron chi connectivity index (χ3n) is 5.64. The molecule has 2 aliphatic rings. The average molecular weight is 364 g/mol. The highest BCUT2D eigenvalue weighted by Crippen LogP contribution is 2.61. The molecular weight excluding hydrogens is 338 g/mol. The highest BCUT2D eigenvalue weighted by molar-refractivity contribution is 5.14. The molecular formula is C19H26F2N4O. The minimum Gasteiger partial charge on any atom is -0.376 e. The molecule has 142 valence electrons. The van der Waals surface area contributed by atoms with E-state index in [-0.39, 0.29) is 13.0 Å². The number of benzene rings is 1. The number of piperidine rings is 1. The van der Waals surface area contributed by atoms with Gasteiger partial charge in [-0.15, -0.1) is 0 Å². The molecule has 0 radical (unpaired) electrons. The smallest absolute Gasteiger partial charge is 0.258 e. The number of hydrogen-bond donors (Lipinski definition) is 0. The monoisotopic (exact) mass is 364 g/mol.